The van der Waals surface area contributed by atoms with Crippen molar-refractivity contribution in [1.29, 1.82) is 0 Å². The molecule has 0 amide bonds. The largest absolute Gasteiger partial charge is 0.508 e. The highest BCUT2D eigenvalue weighted by Gasteiger charge is 2.00. The summed E-state index contributed by atoms with van der Waals surface area (Å²) < 4.78 is 2.20. The highest BCUT2D eigenvalue weighted by molar-refractivity contribution is 5.26. The SMILES string of the molecule is CNCc1cccn1Cc1ccc(O)cc1. The number of benzene rings is 1. The molecule has 0 aliphatic heterocycles. The van der Waals surface area contributed by atoms with Gasteiger partial charge in [-0.3, -0.25) is 0 Å². The number of nitrogens with one attached hydrogen (secondary N) is 1. The fraction of sp³-hybridized carbons (Fsp3) is 0.231. The lowest BCUT2D eigenvalue weighted by atomic mass is 10.2. The van der Waals surface area contributed by atoms with Crippen LogP contribution in [-0.4, -0.2) is 16.7 Å². The summed E-state index contributed by atoms with van der Waals surface area (Å²) in [5, 5.41) is 12.3. The van der Waals surface area contributed by atoms with Crippen molar-refractivity contribution < 1.29 is 5.11 Å². The van der Waals surface area contributed by atoms with Crippen LogP contribution in [0.2, 0.25) is 0 Å². The molecule has 0 aliphatic carbocycles. The van der Waals surface area contributed by atoms with Crippen molar-refractivity contribution in [1.82, 2.24) is 9.88 Å². The lowest BCUT2D eigenvalue weighted by Crippen LogP contribution is -2.11. The molecule has 1 heterocycles. The number of hydrogen-bond donors (Lipinski definition) is 2. The van der Waals surface area contributed by atoms with Gasteiger partial charge in [0.05, 0.1) is 0 Å². The van der Waals surface area contributed by atoms with Crippen molar-refractivity contribution in [2.75, 3.05) is 7.05 Å². The second-order valence-corrected chi connectivity index (χ2v) is 3.82. The van der Waals surface area contributed by atoms with E-state index >= 15 is 0 Å². The van der Waals surface area contributed by atoms with E-state index < -0.39 is 0 Å². The van der Waals surface area contributed by atoms with Crippen LogP contribution in [0.15, 0.2) is 42.6 Å². The minimum absolute atomic E-state index is 0.312. The molecule has 3 heteroatoms. The van der Waals surface area contributed by atoms with E-state index in [9.17, 15) is 5.11 Å². The minimum Gasteiger partial charge on any atom is -0.508 e. The monoisotopic (exact) mass is 216 g/mol. The molecule has 0 saturated heterocycles. The summed E-state index contributed by atoms with van der Waals surface area (Å²) in [6.45, 7) is 1.70. The molecule has 0 atom stereocenters. The maximum atomic E-state index is 9.20. The second-order valence-electron chi connectivity index (χ2n) is 3.82. The van der Waals surface area contributed by atoms with Crippen molar-refractivity contribution in [2.24, 2.45) is 0 Å². The zero-order valence-corrected chi connectivity index (χ0v) is 9.35. The molecule has 0 saturated carbocycles. The first-order valence-corrected chi connectivity index (χ1v) is 5.36. The zero-order chi connectivity index (χ0) is 11.4. The van der Waals surface area contributed by atoms with Gasteiger partial charge in [-0.2, -0.15) is 0 Å². The average Bonchev–Trinajstić information content (AvgIpc) is 2.70. The number of phenols is 1. The molecule has 0 spiro atoms. The Balaban J connectivity index is 2.13. The van der Waals surface area contributed by atoms with Gasteiger partial charge in [0.1, 0.15) is 5.75 Å². The summed E-state index contributed by atoms with van der Waals surface area (Å²) >= 11 is 0. The summed E-state index contributed by atoms with van der Waals surface area (Å²) in [6, 6.07) is 11.5. The molecule has 3 nitrogen and oxygen atoms in total. The summed E-state index contributed by atoms with van der Waals surface area (Å²) in [4.78, 5) is 0. The van der Waals surface area contributed by atoms with Gasteiger partial charge in [0.25, 0.3) is 0 Å². The van der Waals surface area contributed by atoms with Gasteiger partial charge in [0.15, 0.2) is 0 Å². The first-order chi connectivity index (χ1) is 7.79. The molecule has 84 valence electrons. The number of rotatable bonds is 4. The highest BCUT2D eigenvalue weighted by Crippen LogP contribution is 2.12. The maximum Gasteiger partial charge on any atom is 0.115 e. The van der Waals surface area contributed by atoms with Gasteiger partial charge in [-0.25, -0.2) is 0 Å². The van der Waals surface area contributed by atoms with Gasteiger partial charge in [0.2, 0.25) is 0 Å². The van der Waals surface area contributed by atoms with Crippen molar-refractivity contribution in [3.63, 3.8) is 0 Å². The molecule has 0 bridgehead atoms. The molecule has 0 unspecified atom stereocenters. The molecule has 2 rings (SSSR count). The summed E-state index contributed by atoms with van der Waals surface area (Å²) in [5.74, 6) is 0.312. The molecule has 1 aromatic heterocycles. The van der Waals surface area contributed by atoms with Crippen LogP contribution in [0.25, 0.3) is 0 Å². The Morgan fingerprint density at radius 1 is 1.19 bits per heavy atom. The molecule has 2 N–H and O–H groups in total. The molecular weight excluding hydrogens is 200 g/mol. The smallest absolute Gasteiger partial charge is 0.115 e. The standard InChI is InChI=1S/C13H16N2O/c1-14-9-12-3-2-8-15(12)10-11-4-6-13(16)7-5-11/h2-8,14,16H,9-10H2,1H3. The Morgan fingerprint density at radius 2 is 1.94 bits per heavy atom. The Kier molecular flexibility index (Phi) is 3.27. The van der Waals surface area contributed by atoms with E-state index in [0.717, 1.165) is 13.1 Å². The first-order valence-electron chi connectivity index (χ1n) is 5.36. The predicted molar refractivity (Wildman–Crippen MR) is 64.4 cm³/mol. The Hall–Kier alpha value is -1.74. The lowest BCUT2D eigenvalue weighted by molar-refractivity contribution is 0.475. The van der Waals surface area contributed by atoms with E-state index in [1.165, 1.54) is 11.3 Å². The third-order valence-corrected chi connectivity index (χ3v) is 2.57. The summed E-state index contributed by atoms with van der Waals surface area (Å²) in [7, 11) is 1.94. The van der Waals surface area contributed by atoms with Gasteiger partial charge < -0.3 is 15.0 Å². The van der Waals surface area contributed by atoms with E-state index in [0.29, 0.717) is 5.75 Å². The number of hydrogen-bond acceptors (Lipinski definition) is 2. The van der Waals surface area contributed by atoms with E-state index in [2.05, 4.69) is 22.1 Å². The molecule has 2 aromatic rings. The third kappa shape index (κ3) is 2.44. The Morgan fingerprint density at radius 3 is 2.62 bits per heavy atom. The first kappa shape index (κ1) is 10.8. The van der Waals surface area contributed by atoms with Crippen molar-refractivity contribution in [3.05, 3.63) is 53.9 Å². The topological polar surface area (TPSA) is 37.2 Å². The summed E-state index contributed by atoms with van der Waals surface area (Å²) in [6.07, 6.45) is 2.07. The van der Waals surface area contributed by atoms with Crippen LogP contribution in [0, 0.1) is 0 Å². The normalized spacial score (nSPS) is 10.6. The van der Waals surface area contributed by atoms with Crippen LogP contribution in [0.5, 0.6) is 5.75 Å². The number of nitrogens with zero attached hydrogens (tertiary/aromatic N) is 1. The van der Waals surface area contributed by atoms with Crippen LogP contribution >= 0.6 is 0 Å². The number of aromatic hydroxyl groups is 1. The maximum absolute atomic E-state index is 9.20. The van der Waals surface area contributed by atoms with Crippen LogP contribution in [0.4, 0.5) is 0 Å². The molecule has 0 fully saturated rings. The van der Waals surface area contributed by atoms with Crippen molar-refractivity contribution in [2.45, 2.75) is 13.1 Å². The van der Waals surface area contributed by atoms with Gasteiger partial charge in [-0.1, -0.05) is 12.1 Å². The van der Waals surface area contributed by atoms with Crippen molar-refractivity contribution in [3.8, 4) is 5.75 Å². The minimum atomic E-state index is 0.312. The van der Waals surface area contributed by atoms with E-state index in [1.54, 1.807) is 12.1 Å². The number of aromatic nitrogens is 1. The van der Waals surface area contributed by atoms with Crippen LogP contribution in [0.1, 0.15) is 11.3 Å². The van der Waals surface area contributed by atoms with Gasteiger partial charge in [-0.15, -0.1) is 0 Å². The van der Waals surface area contributed by atoms with Crippen molar-refractivity contribution >= 4 is 0 Å². The molecular formula is C13H16N2O. The summed E-state index contributed by atoms with van der Waals surface area (Å²) in [5.41, 5.74) is 2.45. The fourth-order valence-corrected chi connectivity index (χ4v) is 1.74. The van der Waals surface area contributed by atoms with E-state index in [1.807, 2.05) is 25.2 Å². The third-order valence-electron chi connectivity index (χ3n) is 2.57. The molecule has 0 radical (unpaired) electrons. The Bertz CT molecular complexity index is 445. The van der Waals surface area contributed by atoms with E-state index in [4.69, 9.17) is 0 Å². The fourth-order valence-electron chi connectivity index (χ4n) is 1.74. The quantitative estimate of drug-likeness (QED) is 0.819. The lowest BCUT2D eigenvalue weighted by Gasteiger charge is -2.09. The zero-order valence-electron chi connectivity index (χ0n) is 9.35. The second kappa shape index (κ2) is 4.86. The Labute approximate surface area is 95.3 Å². The van der Waals surface area contributed by atoms with Gasteiger partial charge >= 0.3 is 0 Å². The van der Waals surface area contributed by atoms with Crippen LogP contribution in [-0.2, 0) is 13.1 Å². The van der Waals surface area contributed by atoms with Crippen LogP contribution in [0.3, 0.4) is 0 Å². The van der Waals surface area contributed by atoms with E-state index in [-0.39, 0.29) is 0 Å². The van der Waals surface area contributed by atoms with Crippen LogP contribution < -0.4 is 5.32 Å². The molecule has 16 heavy (non-hydrogen) atoms. The number of phenolic OH excluding ortho intramolecular Hbond substituents is 1. The predicted octanol–water partition coefficient (Wildman–Crippen LogP) is 1.96. The molecule has 0 aliphatic rings. The highest BCUT2D eigenvalue weighted by atomic mass is 16.3. The average molecular weight is 216 g/mol. The van der Waals surface area contributed by atoms with Gasteiger partial charge in [-0.05, 0) is 36.9 Å². The molecule has 1 aromatic carbocycles. The van der Waals surface area contributed by atoms with Gasteiger partial charge in [0, 0.05) is 25.0 Å².